The molecule has 4 aromatic heterocycles. The zero-order chi connectivity index (χ0) is 40.7. The lowest BCUT2D eigenvalue weighted by molar-refractivity contribution is 0.0306. The molecular formula is C45H49ClF2N10O2. The van der Waals surface area contributed by atoms with Gasteiger partial charge in [0, 0.05) is 32.7 Å². The van der Waals surface area contributed by atoms with Gasteiger partial charge in [0.25, 0.3) is 0 Å². The zero-order valence-electron chi connectivity index (χ0n) is 34.0. The number of rotatable bonds is 6. The molecule has 6 aromatic rings. The van der Waals surface area contributed by atoms with E-state index < -0.39 is 5.60 Å². The largest absolute Gasteiger partial charge is 0.444 e. The quantitative estimate of drug-likeness (QED) is 0.177. The van der Waals surface area contributed by atoms with Crippen LogP contribution in [0.25, 0.3) is 22.4 Å². The van der Waals surface area contributed by atoms with Crippen molar-refractivity contribution in [1.29, 1.82) is 0 Å². The van der Waals surface area contributed by atoms with E-state index in [4.69, 9.17) is 14.9 Å². The number of nitrogens with one attached hydrogen (secondary N) is 1. The molecule has 1 N–H and O–H groups in total. The molecule has 1 amide bonds. The van der Waals surface area contributed by atoms with Crippen molar-refractivity contribution in [3.63, 3.8) is 0 Å². The number of hydrogen-bond donors (Lipinski definition) is 1. The number of nitrogens with zero attached hydrogens (tertiary/aromatic N) is 9. The maximum atomic E-state index is 13.8. The van der Waals surface area contributed by atoms with Gasteiger partial charge >= 0.3 is 6.09 Å². The minimum absolute atomic E-state index is 0. The summed E-state index contributed by atoms with van der Waals surface area (Å²) in [6, 6.07) is 21.9. The molecule has 0 bridgehead atoms. The van der Waals surface area contributed by atoms with Crippen LogP contribution >= 0.6 is 12.4 Å². The summed E-state index contributed by atoms with van der Waals surface area (Å²) in [5, 5.41) is 13.1. The van der Waals surface area contributed by atoms with Gasteiger partial charge in [-0.3, -0.25) is 0 Å². The Balaban J connectivity index is 0.000000168. The molecule has 2 saturated heterocycles. The van der Waals surface area contributed by atoms with Crippen LogP contribution in [0.3, 0.4) is 0 Å². The molecule has 4 aliphatic heterocycles. The molecule has 0 saturated carbocycles. The Bertz CT molecular complexity index is 2580. The van der Waals surface area contributed by atoms with Crippen molar-refractivity contribution in [1.82, 2.24) is 39.4 Å². The molecule has 0 radical (unpaired) electrons. The highest BCUT2D eigenvalue weighted by atomic mass is 35.5. The number of halogens is 3. The number of carbonyl (C=O) groups is 1. The fourth-order valence-electron chi connectivity index (χ4n) is 8.55. The van der Waals surface area contributed by atoms with Crippen LogP contribution in [0.15, 0.2) is 97.3 Å². The van der Waals surface area contributed by atoms with E-state index in [9.17, 15) is 13.6 Å². The summed E-state index contributed by atoms with van der Waals surface area (Å²) in [6.45, 7) is 10.0. The van der Waals surface area contributed by atoms with Gasteiger partial charge in [-0.15, -0.1) is 22.6 Å². The molecule has 2 atom stereocenters. The molecule has 2 aromatic carbocycles. The summed E-state index contributed by atoms with van der Waals surface area (Å²) in [7, 11) is 0. The molecule has 0 unspecified atom stereocenters. The topological polar surface area (TPSA) is 108 Å². The van der Waals surface area contributed by atoms with Crippen molar-refractivity contribution < 1.29 is 18.3 Å². The van der Waals surface area contributed by atoms with Gasteiger partial charge in [0.05, 0.1) is 42.4 Å². The van der Waals surface area contributed by atoms with Gasteiger partial charge < -0.3 is 24.8 Å². The monoisotopic (exact) mass is 834 g/mol. The number of imidazole rings is 2. The molecule has 60 heavy (non-hydrogen) atoms. The number of anilines is 2. The van der Waals surface area contributed by atoms with Gasteiger partial charge in [-0.1, -0.05) is 36.4 Å². The van der Waals surface area contributed by atoms with Crippen molar-refractivity contribution in [3.05, 3.63) is 131 Å². The number of hydrogen-bond acceptors (Lipinski definition) is 9. The summed E-state index contributed by atoms with van der Waals surface area (Å²) in [5.41, 5.74) is 7.14. The number of amides is 1. The van der Waals surface area contributed by atoms with Gasteiger partial charge in [0.15, 0.2) is 11.3 Å². The SMILES string of the molecule is CC(C)(C)OC(=O)N1CC=C(c2cnc3ccc(N4CCC[C@@H]4c4cccc(F)c4)nn23)C1.Cl.Fc1cccc([C@H]2CCCN2c2ccc3ncc(C4=CCNC4)n3n2)c1. The van der Waals surface area contributed by atoms with Crippen LogP contribution in [0, 0.1) is 11.6 Å². The van der Waals surface area contributed by atoms with Gasteiger partial charge in [0.1, 0.15) is 28.9 Å². The standard InChI is InChI=1S/C25H28FN5O2.C20H20FN5.ClH/c1-25(2,3)33-24(32)29-13-11-18(16-29)21-15-27-22-9-10-23(28-31(21)22)30-12-5-8-20(30)17-6-4-7-19(26)14-17;21-16-4-1-3-14(11-16)17-5-2-10-25(17)20-7-6-19-23-13-18(26(19)24-20)15-8-9-22-12-15;/h4,6-7,9-11,14-15,20H,5,8,12-13,16H2,1-3H3;1,3-4,6-8,11,13,17,22H,2,5,9-10,12H2;1H/t20-;17-;/m11./s1. The molecule has 0 aliphatic carbocycles. The molecule has 0 spiro atoms. The first kappa shape index (κ1) is 40.9. The molecule has 15 heteroatoms. The van der Waals surface area contributed by atoms with Gasteiger partial charge in [0.2, 0.25) is 0 Å². The number of fused-ring (bicyclic) bond motifs is 2. The van der Waals surface area contributed by atoms with E-state index in [2.05, 4.69) is 31.2 Å². The Labute approximate surface area is 354 Å². The van der Waals surface area contributed by atoms with Crippen LogP contribution in [0.2, 0.25) is 0 Å². The highest BCUT2D eigenvalue weighted by molar-refractivity contribution is 5.85. The minimum atomic E-state index is -0.534. The first-order valence-electron chi connectivity index (χ1n) is 20.4. The predicted molar refractivity (Wildman–Crippen MR) is 231 cm³/mol. The molecule has 12 nitrogen and oxygen atoms in total. The third kappa shape index (κ3) is 8.44. The second-order valence-corrected chi connectivity index (χ2v) is 16.5. The fourth-order valence-corrected chi connectivity index (χ4v) is 8.55. The van der Waals surface area contributed by atoms with Gasteiger partial charge in [-0.05, 0) is 117 Å². The minimum Gasteiger partial charge on any atom is -0.444 e. The number of aromatic nitrogens is 6. The maximum Gasteiger partial charge on any atom is 0.410 e. The zero-order valence-corrected chi connectivity index (χ0v) is 34.8. The lowest BCUT2D eigenvalue weighted by atomic mass is 10.0. The fraction of sp³-hybridized carbons (Fsp3) is 0.356. The van der Waals surface area contributed by atoms with Crippen molar-refractivity contribution >= 4 is 52.6 Å². The average molecular weight is 835 g/mol. The van der Waals surface area contributed by atoms with Crippen LogP contribution in [-0.2, 0) is 4.74 Å². The lowest BCUT2D eigenvalue weighted by Gasteiger charge is -2.26. The Kier molecular flexibility index (Phi) is 11.6. The van der Waals surface area contributed by atoms with E-state index in [0.29, 0.717) is 13.1 Å². The number of carbonyl (C=O) groups excluding carboxylic acids is 1. The third-order valence-electron chi connectivity index (χ3n) is 11.3. The van der Waals surface area contributed by atoms with Crippen LogP contribution < -0.4 is 15.1 Å². The van der Waals surface area contributed by atoms with Crippen molar-refractivity contribution in [2.24, 2.45) is 0 Å². The summed E-state index contributed by atoms with van der Waals surface area (Å²) in [6.07, 6.45) is 11.6. The molecule has 312 valence electrons. The van der Waals surface area contributed by atoms with E-state index in [1.54, 1.807) is 35.4 Å². The second-order valence-electron chi connectivity index (χ2n) is 16.5. The second kappa shape index (κ2) is 17.0. The lowest BCUT2D eigenvalue weighted by Crippen LogP contribution is -2.35. The third-order valence-corrected chi connectivity index (χ3v) is 11.3. The van der Waals surface area contributed by atoms with E-state index in [1.165, 1.54) is 17.7 Å². The summed E-state index contributed by atoms with van der Waals surface area (Å²) in [5.74, 6) is 1.34. The van der Waals surface area contributed by atoms with Crippen LogP contribution in [0.1, 0.15) is 81.1 Å². The van der Waals surface area contributed by atoms with Gasteiger partial charge in [-0.25, -0.2) is 32.6 Å². The average Bonchev–Trinajstić information content (AvgIpc) is 4.08. The van der Waals surface area contributed by atoms with Crippen LogP contribution in [-0.4, -0.2) is 85.1 Å². The molecule has 4 aliphatic rings. The van der Waals surface area contributed by atoms with E-state index in [1.807, 2.05) is 78.5 Å². The Morgan fingerprint density at radius 3 is 1.80 bits per heavy atom. The normalized spacial score (nSPS) is 19.1. The number of ether oxygens (including phenoxy) is 1. The van der Waals surface area contributed by atoms with Crippen LogP contribution in [0.4, 0.5) is 25.2 Å². The maximum absolute atomic E-state index is 13.8. The van der Waals surface area contributed by atoms with Crippen molar-refractivity contribution in [3.8, 4) is 0 Å². The molecule has 10 rings (SSSR count). The first-order valence-corrected chi connectivity index (χ1v) is 20.4. The van der Waals surface area contributed by atoms with Gasteiger partial charge in [-0.2, -0.15) is 0 Å². The Morgan fingerprint density at radius 2 is 1.30 bits per heavy atom. The summed E-state index contributed by atoms with van der Waals surface area (Å²) in [4.78, 5) is 27.6. The van der Waals surface area contributed by atoms with E-state index in [0.717, 1.165) is 103 Å². The Morgan fingerprint density at radius 1 is 0.750 bits per heavy atom. The molecular weight excluding hydrogens is 786 g/mol. The van der Waals surface area contributed by atoms with Crippen LogP contribution in [0.5, 0.6) is 0 Å². The molecule has 2 fully saturated rings. The summed E-state index contributed by atoms with van der Waals surface area (Å²) < 4.78 is 36.8. The summed E-state index contributed by atoms with van der Waals surface area (Å²) >= 11 is 0. The van der Waals surface area contributed by atoms with E-state index in [-0.39, 0.29) is 42.2 Å². The van der Waals surface area contributed by atoms with Crippen molar-refractivity contribution in [2.75, 3.05) is 49.1 Å². The van der Waals surface area contributed by atoms with Crippen molar-refractivity contribution in [2.45, 2.75) is 64.1 Å². The highest BCUT2D eigenvalue weighted by Crippen LogP contribution is 2.37. The highest BCUT2D eigenvalue weighted by Gasteiger charge is 2.31. The van der Waals surface area contributed by atoms with E-state index >= 15 is 0 Å². The predicted octanol–water partition coefficient (Wildman–Crippen LogP) is 8.46. The Hall–Kier alpha value is -5.86. The smallest absolute Gasteiger partial charge is 0.410 e. The molecule has 8 heterocycles. The first-order chi connectivity index (χ1) is 28.6. The number of benzene rings is 2.